The summed E-state index contributed by atoms with van der Waals surface area (Å²) in [7, 11) is -2.80. The molecule has 9 nitrogen and oxygen atoms in total. The molecule has 4 saturated carbocycles. The zero-order valence-electron chi connectivity index (χ0n) is 21.4. The summed E-state index contributed by atoms with van der Waals surface area (Å²) in [5.41, 5.74) is -0.658. The van der Waals surface area contributed by atoms with Crippen LogP contribution < -0.4 is 4.74 Å². The van der Waals surface area contributed by atoms with Crippen LogP contribution in [0.1, 0.15) is 41.8 Å². The molecule has 2 saturated heterocycles. The smallest absolute Gasteiger partial charge is 0.260 e. The molecular formula is C24H31ClO9. The average molecular weight is 502 g/mol. The van der Waals surface area contributed by atoms with Crippen molar-refractivity contribution in [2.75, 3.05) is 13.6 Å². The maximum absolute atomic E-state index is 10.4. The molecule has 2 heterocycles. The third kappa shape index (κ3) is 3.09. The van der Waals surface area contributed by atoms with Crippen LogP contribution in [0.15, 0.2) is 18.2 Å². The van der Waals surface area contributed by atoms with Gasteiger partial charge in [-0.3, -0.25) is 0 Å². The Balaban J connectivity index is 1.37. The first-order valence-corrected chi connectivity index (χ1v) is 12.2. The number of rotatable bonds is 5. The predicted octanol–water partition coefficient (Wildman–Crippen LogP) is 1.47. The van der Waals surface area contributed by atoms with Crippen LogP contribution in [0.2, 0.25) is 5.02 Å². The molecule has 6 atom stereocenters. The molecule has 4 bridgehead atoms. The molecule has 3 unspecified atom stereocenters. The fraction of sp³-hybridized carbons (Fsp3) is 0.750. The largest absolute Gasteiger partial charge is 0.460 e. The van der Waals surface area contributed by atoms with Crippen LogP contribution in [-0.2, 0) is 25.0 Å². The van der Waals surface area contributed by atoms with Gasteiger partial charge in [0.05, 0.1) is 15.7 Å². The van der Waals surface area contributed by atoms with Crippen molar-refractivity contribution in [3.63, 3.8) is 0 Å². The van der Waals surface area contributed by atoms with Gasteiger partial charge in [0.1, 0.15) is 30.2 Å². The van der Waals surface area contributed by atoms with Gasteiger partial charge in [0.2, 0.25) is 6.29 Å². The van der Waals surface area contributed by atoms with E-state index in [4.69, 9.17) is 39.7 Å². The molecule has 188 valence electrons. The Morgan fingerprint density at radius 3 is 2.32 bits per heavy atom. The highest BCUT2D eigenvalue weighted by Crippen LogP contribution is 2.69. The monoisotopic (exact) mass is 501 g/mol. The van der Waals surface area contributed by atoms with Gasteiger partial charge in [-0.05, 0) is 67.9 Å². The third-order valence-electron chi connectivity index (χ3n) is 8.71. The summed E-state index contributed by atoms with van der Waals surface area (Å²) in [5.74, 6) is -0.447. The maximum Gasteiger partial charge on any atom is 0.260 e. The fourth-order valence-corrected chi connectivity index (χ4v) is 7.45. The van der Waals surface area contributed by atoms with Gasteiger partial charge in [-0.2, -0.15) is 4.89 Å². The minimum absolute atomic E-state index is 0.00600. The molecular weight excluding hydrogens is 468 g/mol. The second kappa shape index (κ2) is 8.26. The summed E-state index contributed by atoms with van der Waals surface area (Å²) >= 11 is 6.39. The number of methoxy groups -OCH3 is 1. The van der Waals surface area contributed by atoms with Gasteiger partial charge in [-0.15, -0.1) is 0 Å². The van der Waals surface area contributed by atoms with Gasteiger partial charge in [0, 0.05) is 12.6 Å². The second-order valence-electron chi connectivity index (χ2n) is 10.4. The van der Waals surface area contributed by atoms with E-state index in [9.17, 15) is 20.4 Å². The summed E-state index contributed by atoms with van der Waals surface area (Å²) in [6, 6.07) is 4.56. The molecule has 34 heavy (non-hydrogen) atoms. The van der Waals surface area contributed by atoms with Crippen LogP contribution in [0.25, 0.3) is 0 Å². The zero-order valence-corrected chi connectivity index (χ0v) is 19.1. The Kier molecular flexibility index (Phi) is 4.88. The predicted molar refractivity (Wildman–Crippen MR) is 116 cm³/mol. The summed E-state index contributed by atoms with van der Waals surface area (Å²) in [4.78, 5) is 11.6. The summed E-state index contributed by atoms with van der Waals surface area (Å²) in [6.45, 7) is -0.618. The number of halogens is 1. The molecule has 0 radical (unpaired) electrons. The first-order valence-electron chi connectivity index (χ1n) is 13.3. The lowest BCUT2D eigenvalue weighted by Gasteiger charge is -2.68. The van der Waals surface area contributed by atoms with Crippen molar-refractivity contribution in [2.24, 2.45) is 23.7 Å². The lowest BCUT2D eigenvalue weighted by molar-refractivity contribution is -0.645. The van der Waals surface area contributed by atoms with E-state index in [1.54, 1.807) is 6.07 Å². The molecule has 1 spiro atoms. The Hall–Kier alpha value is -1.01. The van der Waals surface area contributed by atoms with E-state index in [-0.39, 0.29) is 22.6 Å². The standard InChI is InChI=1S/C24H31ClO9/c1-30-24(23(33-34-24)14-5-11-4-12(7-14)8-15(23)6-11)13-2-3-16(25)17(9-13)31-22-21(29)20(28)19(27)18(10-26)32-22/h2-3,9,11-12,14-15,18-22,26-29H,4-8,10H2,1H3/t11?,12?,14?,15?,18?,19-,20?,21-,22+,23?,24?/m0/s1/i1D3. The van der Waals surface area contributed by atoms with Crippen LogP contribution in [-0.4, -0.2) is 70.4 Å². The van der Waals surface area contributed by atoms with E-state index < -0.39 is 55.7 Å². The van der Waals surface area contributed by atoms with Crippen molar-refractivity contribution in [3.8, 4) is 5.75 Å². The molecule has 2 aliphatic heterocycles. The average Bonchev–Trinajstić information content (AvgIpc) is 2.82. The first kappa shape index (κ1) is 20.1. The quantitative estimate of drug-likeness (QED) is 0.443. The van der Waals surface area contributed by atoms with Crippen LogP contribution in [0.5, 0.6) is 5.75 Å². The summed E-state index contributed by atoms with van der Waals surface area (Å²) < 4.78 is 40.8. The van der Waals surface area contributed by atoms with Crippen molar-refractivity contribution in [2.45, 2.75) is 74.2 Å². The Morgan fingerprint density at radius 1 is 1.03 bits per heavy atom. The van der Waals surface area contributed by atoms with E-state index in [0.29, 0.717) is 17.4 Å². The molecule has 1 aromatic rings. The minimum atomic E-state index is -2.80. The summed E-state index contributed by atoms with van der Waals surface area (Å²) in [5, 5.41) is 40.2. The Labute approximate surface area is 206 Å². The highest BCUT2D eigenvalue weighted by molar-refractivity contribution is 6.32. The van der Waals surface area contributed by atoms with E-state index in [1.165, 1.54) is 18.6 Å². The molecule has 0 aromatic heterocycles. The molecule has 4 aliphatic carbocycles. The lowest BCUT2D eigenvalue weighted by Crippen LogP contribution is -2.76. The minimum Gasteiger partial charge on any atom is -0.460 e. The fourth-order valence-electron chi connectivity index (χ4n) is 7.29. The van der Waals surface area contributed by atoms with Gasteiger partial charge < -0.3 is 34.6 Å². The number of hydrogen-bond donors (Lipinski definition) is 4. The highest BCUT2D eigenvalue weighted by Gasteiger charge is 2.76. The molecule has 0 amide bonds. The van der Waals surface area contributed by atoms with Crippen molar-refractivity contribution in [1.82, 2.24) is 0 Å². The van der Waals surface area contributed by atoms with E-state index in [2.05, 4.69) is 0 Å². The topological polar surface area (TPSA) is 127 Å². The Morgan fingerprint density at radius 2 is 1.74 bits per heavy atom. The molecule has 1 aromatic carbocycles. The molecule has 10 heteroatoms. The van der Waals surface area contributed by atoms with Crippen molar-refractivity contribution in [3.05, 3.63) is 28.8 Å². The third-order valence-corrected chi connectivity index (χ3v) is 9.02. The first-order chi connectivity index (χ1) is 17.5. The molecule has 6 fully saturated rings. The summed E-state index contributed by atoms with van der Waals surface area (Å²) in [6.07, 6.45) is -2.66. The van der Waals surface area contributed by atoms with E-state index >= 15 is 0 Å². The number of aliphatic hydroxyl groups is 4. The zero-order chi connectivity index (χ0) is 26.3. The molecule has 6 aliphatic rings. The van der Waals surface area contributed by atoms with Gasteiger partial charge in [0.15, 0.2) is 5.60 Å². The van der Waals surface area contributed by atoms with E-state index in [0.717, 1.165) is 25.7 Å². The Bertz CT molecular complexity index is 1010. The lowest BCUT2D eigenvalue weighted by atomic mass is 9.47. The number of hydrogen-bond acceptors (Lipinski definition) is 9. The molecule has 7 rings (SSSR count). The van der Waals surface area contributed by atoms with Crippen LogP contribution in [0.4, 0.5) is 0 Å². The van der Waals surface area contributed by atoms with Crippen molar-refractivity contribution in [1.29, 1.82) is 0 Å². The number of ether oxygens (including phenoxy) is 3. The maximum atomic E-state index is 10.4. The van der Waals surface area contributed by atoms with Crippen molar-refractivity contribution < 1.29 is 48.5 Å². The molecule has 4 N–H and O–H groups in total. The normalized spacial score (nSPS) is 51.0. The van der Waals surface area contributed by atoms with Gasteiger partial charge in [0.25, 0.3) is 5.79 Å². The highest BCUT2D eigenvalue weighted by atomic mass is 35.5. The van der Waals surface area contributed by atoms with E-state index in [1.807, 2.05) is 0 Å². The van der Waals surface area contributed by atoms with Gasteiger partial charge in [-0.1, -0.05) is 17.7 Å². The van der Waals surface area contributed by atoms with Gasteiger partial charge >= 0.3 is 0 Å². The second-order valence-corrected chi connectivity index (χ2v) is 10.9. The SMILES string of the molecule is [2H]C([2H])([2H])OC1(c2ccc(Cl)c(O[C@@H]3OC(CO)[C@H](O)C(O)[C@@H]3O)c2)OOC12C1CC3CC(C1)CC2C3. The number of aliphatic hydroxyl groups excluding tert-OH is 4. The van der Waals surface area contributed by atoms with Crippen LogP contribution >= 0.6 is 11.6 Å². The van der Waals surface area contributed by atoms with Crippen LogP contribution in [0, 0.1) is 23.7 Å². The number of benzene rings is 1. The van der Waals surface area contributed by atoms with Crippen LogP contribution in [0.3, 0.4) is 0 Å². The van der Waals surface area contributed by atoms with Gasteiger partial charge in [-0.25, -0.2) is 4.89 Å². The van der Waals surface area contributed by atoms with Crippen molar-refractivity contribution >= 4 is 11.6 Å².